The molecule has 1 rings (SSSR count). The third kappa shape index (κ3) is 5.46. The number of hydrogen-bond acceptors (Lipinski definition) is 5. The van der Waals surface area contributed by atoms with E-state index >= 15 is 0 Å². The van der Waals surface area contributed by atoms with Gasteiger partial charge in [0.15, 0.2) is 0 Å². The van der Waals surface area contributed by atoms with Gasteiger partial charge >= 0.3 is 6.09 Å². The zero-order valence-electron chi connectivity index (χ0n) is 11.7. The van der Waals surface area contributed by atoms with Gasteiger partial charge in [0.05, 0.1) is 11.1 Å². The number of carbonyl (C=O) groups is 2. The van der Waals surface area contributed by atoms with E-state index in [1.165, 1.54) is 18.7 Å². The van der Waals surface area contributed by atoms with Crippen LogP contribution in [-0.4, -0.2) is 33.9 Å². The predicted octanol–water partition coefficient (Wildman–Crippen LogP) is 2.52. The number of hydrogen-bond donors (Lipinski definition) is 1. The molecule has 0 radical (unpaired) electrons. The van der Waals surface area contributed by atoms with Gasteiger partial charge in [0.25, 0.3) is 0 Å². The Morgan fingerprint density at radius 1 is 1.53 bits per heavy atom. The van der Waals surface area contributed by atoms with Gasteiger partial charge in [-0.3, -0.25) is 9.79 Å². The highest BCUT2D eigenvalue weighted by molar-refractivity contribution is 8.15. The van der Waals surface area contributed by atoms with E-state index in [1.807, 2.05) is 0 Å². The molecule has 0 aromatic carbocycles. The molecular formula is C13H20N2O3S. The third-order valence-corrected chi connectivity index (χ3v) is 3.42. The summed E-state index contributed by atoms with van der Waals surface area (Å²) in [6, 6.07) is -0.261. The van der Waals surface area contributed by atoms with Crippen molar-refractivity contribution in [2.75, 3.05) is 0 Å². The Labute approximate surface area is 117 Å². The van der Waals surface area contributed by atoms with Crippen LogP contribution in [0.3, 0.4) is 0 Å². The van der Waals surface area contributed by atoms with Gasteiger partial charge in [0, 0.05) is 6.42 Å². The fourth-order valence-corrected chi connectivity index (χ4v) is 2.59. The minimum atomic E-state index is -0.550. The molecule has 1 aliphatic rings. The SMILES string of the molecule is C=CC1=NC(CC(C)=O)C(NC(=O)OC(C)(C)C)S1. The molecular weight excluding hydrogens is 264 g/mol. The summed E-state index contributed by atoms with van der Waals surface area (Å²) >= 11 is 1.38. The summed E-state index contributed by atoms with van der Waals surface area (Å²) < 4.78 is 5.20. The lowest BCUT2D eigenvalue weighted by atomic mass is 10.1. The van der Waals surface area contributed by atoms with Gasteiger partial charge < -0.3 is 10.1 Å². The molecule has 1 heterocycles. The van der Waals surface area contributed by atoms with Crippen molar-refractivity contribution in [1.29, 1.82) is 0 Å². The highest BCUT2D eigenvalue weighted by Gasteiger charge is 2.32. The van der Waals surface area contributed by atoms with Crippen molar-refractivity contribution in [3.63, 3.8) is 0 Å². The minimum Gasteiger partial charge on any atom is -0.444 e. The number of alkyl carbamates (subject to hydrolysis) is 1. The molecule has 6 heteroatoms. The van der Waals surface area contributed by atoms with Gasteiger partial charge in [0.2, 0.25) is 0 Å². The van der Waals surface area contributed by atoms with E-state index in [0.717, 1.165) is 5.04 Å². The summed E-state index contributed by atoms with van der Waals surface area (Å²) in [7, 11) is 0. The summed E-state index contributed by atoms with van der Waals surface area (Å²) in [6.07, 6.45) is 1.42. The summed E-state index contributed by atoms with van der Waals surface area (Å²) in [6.45, 7) is 10.6. The smallest absolute Gasteiger partial charge is 0.408 e. The summed E-state index contributed by atoms with van der Waals surface area (Å²) in [4.78, 5) is 27.3. The fourth-order valence-electron chi connectivity index (χ4n) is 1.57. The van der Waals surface area contributed by atoms with Crippen molar-refractivity contribution >= 4 is 28.7 Å². The van der Waals surface area contributed by atoms with Crippen LogP contribution in [0.25, 0.3) is 0 Å². The highest BCUT2D eigenvalue weighted by Crippen LogP contribution is 2.28. The van der Waals surface area contributed by atoms with Crippen molar-refractivity contribution < 1.29 is 14.3 Å². The van der Waals surface area contributed by atoms with Crippen LogP contribution < -0.4 is 5.32 Å². The van der Waals surface area contributed by atoms with Crippen molar-refractivity contribution in [3.05, 3.63) is 12.7 Å². The number of rotatable bonds is 4. The molecule has 0 aliphatic carbocycles. The van der Waals surface area contributed by atoms with Crippen molar-refractivity contribution in [2.24, 2.45) is 4.99 Å². The number of Topliss-reactive ketones (excluding diaryl/α,β-unsaturated/α-hetero) is 1. The summed E-state index contributed by atoms with van der Waals surface area (Å²) in [5.41, 5.74) is -0.550. The topological polar surface area (TPSA) is 67.8 Å². The Kier molecular flexibility index (Phi) is 5.17. The molecule has 0 saturated carbocycles. The second-order valence-electron chi connectivity index (χ2n) is 5.33. The molecule has 1 aliphatic heterocycles. The molecule has 2 atom stereocenters. The number of nitrogens with one attached hydrogen (secondary N) is 1. The lowest BCUT2D eigenvalue weighted by Crippen LogP contribution is -2.42. The number of carbonyl (C=O) groups excluding carboxylic acids is 2. The fraction of sp³-hybridized carbons (Fsp3) is 0.615. The first-order valence-electron chi connectivity index (χ1n) is 6.07. The molecule has 0 bridgehead atoms. The molecule has 19 heavy (non-hydrogen) atoms. The first kappa shape index (κ1) is 15.8. The normalized spacial score (nSPS) is 22.6. The molecule has 0 spiro atoms. The lowest BCUT2D eigenvalue weighted by molar-refractivity contribution is -0.117. The quantitative estimate of drug-likeness (QED) is 0.861. The number of amides is 1. The molecule has 1 amide bonds. The van der Waals surface area contributed by atoms with Crippen LogP contribution in [-0.2, 0) is 9.53 Å². The summed E-state index contributed by atoms with van der Waals surface area (Å²) in [5.74, 6) is 0.0376. The molecule has 106 valence electrons. The number of thioether (sulfide) groups is 1. The summed E-state index contributed by atoms with van der Waals surface area (Å²) in [5, 5.41) is 3.19. The second kappa shape index (κ2) is 6.23. The van der Waals surface area contributed by atoms with E-state index in [0.29, 0.717) is 6.42 Å². The van der Waals surface area contributed by atoms with Gasteiger partial charge in [-0.1, -0.05) is 18.3 Å². The zero-order valence-corrected chi connectivity index (χ0v) is 12.5. The van der Waals surface area contributed by atoms with E-state index in [2.05, 4.69) is 16.9 Å². The van der Waals surface area contributed by atoms with Crippen LogP contribution in [0.2, 0.25) is 0 Å². The monoisotopic (exact) mass is 284 g/mol. The Morgan fingerprint density at radius 2 is 2.16 bits per heavy atom. The van der Waals surface area contributed by atoms with E-state index in [9.17, 15) is 9.59 Å². The number of ether oxygens (including phenoxy) is 1. The second-order valence-corrected chi connectivity index (χ2v) is 6.49. The number of nitrogens with zero attached hydrogens (tertiary/aromatic N) is 1. The van der Waals surface area contributed by atoms with E-state index in [1.54, 1.807) is 26.8 Å². The van der Waals surface area contributed by atoms with Crippen LogP contribution in [0.15, 0.2) is 17.6 Å². The molecule has 0 aromatic heterocycles. The van der Waals surface area contributed by atoms with Crippen LogP contribution in [0, 0.1) is 0 Å². The first-order chi connectivity index (χ1) is 8.71. The van der Waals surface area contributed by atoms with E-state index in [-0.39, 0.29) is 17.2 Å². The molecule has 5 nitrogen and oxygen atoms in total. The van der Waals surface area contributed by atoms with Gasteiger partial charge in [0.1, 0.15) is 16.8 Å². The molecule has 2 unspecified atom stereocenters. The van der Waals surface area contributed by atoms with Crippen molar-refractivity contribution in [2.45, 2.75) is 51.1 Å². The maximum atomic E-state index is 11.7. The van der Waals surface area contributed by atoms with Crippen molar-refractivity contribution in [3.8, 4) is 0 Å². The average Bonchev–Trinajstić information content (AvgIpc) is 2.57. The molecule has 0 fully saturated rings. The van der Waals surface area contributed by atoms with Gasteiger partial charge in [-0.15, -0.1) is 0 Å². The van der Waals surface area contributed by atoms with E-state index < -0.39 is 11.7 Å². The minimum absolute atomic E-state index is 0.0376. The predicted molar refractivity (Wildman–Crippen MR) is 77.5 cm³/mol. The van der Waals surface area contributed by atoms with Gasteiger partial charge in [-0.25, -0.2) is 4.79 Å². The maximum Gasteiger partial charge on any atom is 0.408 e. The van der Waals surface area contributed by atoms with Crippen LogP contribution in [0.4, 0.5) is 4.79 Å². The van der Waals surface area contributed by atoms with Gasteiger partial charge in [-0.2, -0.15) is 0 Å². The van der Waals surface area contributed by atoms with E-state index in [4.69, 9.17) is 4.74 Å². The molecule has 1 N–H and O–H groups in total. The first-order valence-corrected chi connectivity index (χ1v) is 6.95. The highest BCUT2D eigenvalue weighted by atomic mass is 32.2. The average molecular weight is 284 g/mol. The standard InChI is InChI=1S/C13H20N2O3S/c1-6-10-14-9(7-8(2)16)11(19-10)15-12(17)18-13(3,4)5/h6,9,11H,1,7H2,2-5H3,(H,15,17). The number of ketones is 1. The molecule has 0 saturated heterocycles. The van der Waals surface area contributed by atoms with Crippen molar-refractivity contribution in [1.82, 2.24) is 5.32 Å². The third-order valence-electron chi connectivity index (χ3n) is 2.22. The largest absolute Gasteiger partial charge is 0.444 e. The van der Waals surface area contributed by atoms with Gasteiger partial charge in [-0.05, 0) is 33.8 Å². The Bertz CT molecular complexity index is 413. The van der Waals surface area contributed by atoms with Crippen LogP contribution in [0.5, 0.6) is 0 Å². The Morgan fingerprint density at radius 3 is 2.63 bits per heavy atom. The maximum absolute atomic E-state index is 11.7. The number of aliphatic imine (C=N–C) groups is 1. The zero-order chi connectivity index (χ0) is 14.6. The Balaban J connectivity index is 2.64. The molecule has 0 aromatic rings. The van der Waals surface area contributed by atoms with Crippen LogP contribution >= 0.6 is 11.8 Å². The lowest BCUT2D eigenvalue weighted by Gasteiger charge is -2.23. The van der Waals surface area contributed by atoms with Crippen LogP contribution in [0.1, 0.15) is 34.1 Å². The Hall–Kier alpha value is -1.30.